The molecule has 1 fully saturated rings. The third kappa shape index (κ3) is 3.47. The Hall–Kier alpha value is -1.06. The van der Waals surface area contributed by atoms with E-state index in [-0.39, 0.29) is 0 Å². The van der Waals surface area contributed by atoms with Crippen molar-refractivity contribution in [2.75, 3.05) is 33.8 Å². The minimum atomic E-state index is 0.790. The summed E-state index contributed by atoms with van der Waals surface area (Å²) in [6, 6.07) is 8.33. The summed E-state index contributed by atoms with van der Waals surface area (Å²) in [6.07, 6.45) is 2.66. The lowest BCUT2D eigenvalue weighted by molar-refractivity contribution is 0.165. The Morgan fingerprint density at radius 3 is 3.00 bits per heavy atom. The molecule has 0 aromatic heterocycles. The van der Waals surface area contributed by atoms with Gasteiger partial charge in [0.25, 0.3) is 0 Å². The van der Waals surface area contributed by atoms with Crippen LogP contribution in [0.3, 0.4) is 0 Å². The van der Waals surface area contributed by atoms with Gasteiger partial charge in [-0.15, -0.1) is 0 Å². The van der Waals surface area contributed by atoms with Crippen LogP contribution in [0.2, 0.25) is 0 Å². The SMILES string of the molecule is CNCC1CCCN(Cc2ccccc2OC)C1. The molecular formula is C15H24N2O. The van der Waals surface area contributed by atoms with Gasteiger partial charge in [-0.2, -0.15) is 0 Å². The summed E-state index contributed by atoms with van der Waals surface area (Å²) in [5, 5.41) is 3.29. The molecule has 0 saturated carbocycles. The zero-order valence-corrected chi connectivity index (χ0v) is 11.5. The molecule has 2 rings (SSSR count). The number of likely N-dealkylation sites (tertiary alicyclic amines) is 1. The van der Waals surface area contributed by atoms with Gasteiger partial charge in [-0.05, 0) is 45.0 Å². The molecule has 1 aliphatic heterocycles. The lowest BCUT2D eigenvalue weighted by Crippen LogP contribution is -2.38. The molecule has 0 bridgehead atoms. The van der Waals surface area contributed by atoms with E-state index in [4.69, 9.17) is 4.74 Å². The average molecular weight is 248 g/mol. The van der Waals surface area contributed by atoms with Gasteiger partial charge in [0.15, 0.2) is 0 Å². The maximum absolute atomic E-state index is 5.42. The highest BCUT2D eigenvalue weighted by molar-refractivity contribution is 5.33. The van der Waals surface area contributed by atoms with Crippen LogP contribution in [0.5, 0.6) is 5.75 Å². The minimum Gasteiger partial charge on any atom is -0.496 e. The topological polar surface area (TPSA) is 24.5 Å². The van der Waals surface area contributed by atoms with Crippen LogP contribution in [0, 0.1) is 5.92 Å². The molecule has 0 radical (unpaired) electrons. The fourth-order valence-corrected chi connectivity index (χ4v) is 2.82. The van der Waals surface area contributed by atoms with Crippen molar-refractivity contribution in [3.63, 3.8) is 0 Å². The van der Waals surface area contributed by atoms with E-state index in [1.54, 1.807) is 7.11 Å². The van der Waals surface area contributed by atoms with Crippen molar-refractivity contribution in [3.8, 4) is 5.75 Å². The normalized spacial score (nSPS) is 20.9. The highest BCUT2D eigenvalue weighted by Crippen LogP contribution is 2.23. The summed E-state index contributed by atoms with van der Waals surface area (Å²) in [5.74, 6) is 1.80. The molecule has 1 aliphatic rings. The van der Waals surface area contributed by atoms with Crippen molar-refractivity contribution in [2.24, 2.45) is 5.92 Å². The van der Waals surface area contributed by atoms with Crippen LogP contribution < -0.4 is 10.1 Å². The number of ether oxygens (including phenoxy) is 1. The molecule has 1 aromatic rings. The van der Waals surface area contributed by atoms with Crippen molar-refractivity contribution >= 4 is 0 Å². The maximum atomic E-state index is 5.42. The fourth-order valence-electron chi connectivity index (χ4n) is 2.82. The van der Waals surface area contributed by atoms with Gasteiger partial charge in [0.2, 0.25) is 0 Å². The van der Waals surface area contributed by atoms with Gasteiger partial charge in [-0.3, -0.25) is 4.90 Å². The predicted octanol–water partition coefficient (Wildman–Crippen LogP) is 2.13. The zero-order chi connectivity index (χ0) is 12.8. The Morgan fingerprint density at radius 2 is 2.22 bits per heavy atom. The second-order valence-electron chi connectivity index (χ2n) is 5.11. The molecule has 1 unspecified atom stereocenters. The van der Waals surface area contributed by atoms with Gasteiger partial charge in [-0.1, -0.05) is 18.2 Å². The standard InChI is InChI=1S/C15H24N2O/c1-16-10-13-6-5-9-17(11-13)12-14-7-3-4-8-15(14)18-2/h3-4,7-8,13,16H,5-6,9-12H2,1-2H3. The summed E-state index contributed by atoms with van der Waals surface area (Å²) in [4.78, 5) is 2.54. The molecule has 1 atom stereocenters. The van der Waals surface area contributed by atoms with Gasteiger partial charge in [0, 0.05) is 18.7 Å². The number of rotatable bonds is 5. The number of nitrogens with one attached hydrogen (secondary N) is 1. The molecule has 18 heavy (non-hydrogen) atoms. The number of para-hydroxylation sites is 1. The van der Waals surface area contributed by atoms with Crippen LogP contribution in [-0.2, 0) is 6.54 Å². The van der Waals surface area contributed by atoms with E-state index in [0.29, 0.717) is 0 Å². The van der Waals surface area contributed by atoms with Gasteiger partial charge in [-0.25, -0.2) is 0 Å². The van der Waals surface area contributed by atoms with E-state index in [0.717, 1.165) is 24.8 Å². The maximum Gasteiger partial charge on any atom is 0.123 e. The minimum absolute atomic E-state index is 0.790. The van der Waals surface area contributed by atoms with Crippen molar-refractivity contribution in [1.82, 2.24) is 10.2 Å². The van der Waals surface area contributed by atoms with E-state index < -0.39 is 0 Å². The second-order valence-corrected chi connectivity index (χ2v) is 5.11. The lowest BCUT2D eigenvalue weighted by Gasteiger charge is -2.33. The zero-order valence-electron chi connectivity index (χ0n) is 11.5. The third-order valence-electron chi connectivity index (χ3n) is 3.68. The first-order chi connectivity index (χ1) is 8.83. The van der Waals surface area contributed by atoms with Crippen LogP contribution in [-0.4, -0.2) is 38.7 Å². The Kier molecular flexibility index (Phi) is 5.02. The largest absolute Gasteiger partial charge is 0.496 e. The number of piperidine rings is 1. The predicted molar refractivity (Wildman–Crippen MR) is 74.9 cm³/mol. The summed E-state index contributed by atoms with van der Waals surface area (Å²) in [7, 11) is 3.79. The van der Waals surface area contributed by atoms with Crippen molar-refractivity contribution in [3.05, 3.63) is 29.8 Å². The first kappa shape index (κ1) is 13.4. The molecule has 3 heteroatoms. The van der Waals surface area contributed by atoms with Crippen molar-refractivity contribution in [2.45, 2.75) is 19.4 Å². The Morgan fingerprint density at radius 1 is 1.39 bits per heavy atom. The third-order valence-corrected chi connectivity index (χ3v) is 3.68. The summed E-state index contributed by atoms with van der Waals surface area (Å²) in [5.41, 5.74) is 1.30. The number of hydrogen-bond acceptors (Lipinski definition) is 3. The molecule has 100 valence electrons. The summed E-state index contributed by atoms with van der Waals surface area (Å²) in [6.45, 7) is 4.53. The van der Waals surface area contributed by atoms with Crippen LogP contribution >= 0.6 is 0 Å². The molecule has 1 aromatic carbocycles. The van der Waals surface area contributed by atoms with Crippen LogP contribution in [0.1, 0.15) is 18.4 Å². The number of benzene rings is 1. The summed E-state index contributed by atoms with van der Waals surface area (Å²) < 4.78 is 5.42. The van der Waals surface area contributed by atoms with Gasteiger partial charge >= 0.3 is 0 Å². The van der Waals surface area contributed by atoms with Crippen molar-refractivity contribution < 1.29 is 4.74 Å². The van der Waals surface area contributed by atoms with Gasteiger partial charge in [0.05, 0.1) is 7.11 Å². The smallest absolute Gasteiger partial charge is 0.123 e. The lowest BCUT2D eigenvalue weighted by atomic mass is 9.97. The number of methoxy groups -OCH3 is 1. The Bertz CT molecular complexity index is 365. The van der Waals surface area contributed by atoms with Gasteiger partial charge in [0.1, 0.15) is 5.75 Å². The molecule has 0 spiro atoms. The number of nitrogens with zero attached hydrogens (tertiary/aromatic N) is 1. The van der Waals surface area contributed by atoms with Gasteiger partial charge < -0.3 is 10.1 Å². The van der Waals surface area contributed by atoms with E-state index in [1.807, 2.05) is 19.2 Å². The van der Waals surface area contributed by atoms with Crippen LogP contribution in [0.15, 0.2) is 24.3 Å². The van der Waals surface area contributed by atoms with E-state index >= 15 is 0 Å². The number of hydrogen-bond donors (Lipinski definition) is 1. The highest BCUT2D eigenvalue weighted by atomic mass is 16.5. The first-order valence-corrected chi connectivity index (χ1v) is 6.82. The second kappa shape index (κ2) is 6.76. The molecule has 0 aliphatic carbocycles. The average Bonchev–Trinajstić information content (AvgIpc) is 2.40. The van der Waals surface area contributed by atoms with E-state index in [9.17, 15) is 0 Å². The Labute approximate surface area is 110 Å². The molecule has 1 saturated heterocycles. The molecular weight excluding hydrogens is 224 g/mol. The van der Waals surface area contributed by atoms with E-state index in [1.165, 1.54) is 31.5 Å². The molecule has 0 amide bonds. The van der Waals surface area contributed by atoms with Crippen molar-refractivity contribution in [1.29, 1.82) is 0 Å². The monoisotopic (exact) mass is 248 g/mol. The van der Waals surface area contributed by atoms with Crippen LogP contribution in [0.4, 0.5) is 0 Å². The fraction of sp³-hybridized carbons (Fsp3) is 0.600. The Balaban J connectivity index is 1.96. The first-order valence-electron chi connectivity index (χ1n) is 6.82. The highest BCUT2D eigenvalue weighted by Gasteiger charge is 2.19. The van der Waals surface area contributed by atoms with E-state index in [2.05, 4.69) is 22.3 Å². The molecule has 1 heterocycles. The molecule has 1 N–H and O–H groups in total. The molecule has 3 nitrogen and oxygen atoms in total. The summed E-state index contributed by atoms with van der Waals surface area (Å²) >= 11 is 0. The van der Waals surface area contributed by atoms with Crippen LogP contribution in [0.25, 0.3) is 0 Å². The quantitative estimate of drug-likeness (QED) is 0.864.